The minimum atomic E-state index is -0.612. The SMILES string of the molecule is Cc1ccc(-c2csc(NC(=O)CN3CCC4(C/C=C\C[C@H]5COCC[C@H]5NC(=O)[C@@H](CC(C)C)NC4=O)CC3)n2)cc1. The number of hydrogen-bond acceptors (Lipinski definition) is 7. The van der Waals surface area contributed by atoms with Gasteiger partial charge in [0.2, 0.25) is 17.7 Å². The second kappa shape index (κ2) is 14.1. The van der Waals surface area contributed by atoms with E-state index in [0.717, 1.165) is 24.1 Å². The number of aryl methyl sites for hydroxylation is 1. The summed E-state index contributed by atoms with van der Waals surface area (Å²) in [5.74, 6) is 0.224. The van der Waals surface area contributed by atoms with Crippen molar-refractivity contribution in [2.45, 2.75) is 71.4 Å². The van der Waals surface area contributed by atoms with Crippen molar-refractivity contribution in [1.29, 1.82) is 0 Å². The highest BCUT2D eigenvalue weighted by Gasteiger charge is 2.42. The first kappa shape index (κ1) is 31.3. The summed E-state index contributed by atoms with van der Waals surface area (Å²) < 4.78 is 5.73. The summed E-state index contributed by atoms with van der Waals surface area (Å²) in [6.07, 6.45) is 8.34. The first-order chi connectivity index (χ1) is 20.7. The number of likely N-dealkylation sites (tertiary alicyclic amines) is 1. The molecular weight excluding hydrogens is 562 g/mol. The molecule has 0 aliphatic carbocycles. The fourth-order valence-corrected chi connectivity index (χ4v) is 7.05. The predicted molar refractivity (Wildman–Crippen MR) is 170 cm³/mol. The Morgan fingerprint density at radius 3 is 2.67 bits per heavy atom. The summed E-state index contributed by atoms with van der Waals surface area (Å²) in [7, 11) is 0. The van der Waals surface area contributed by atoms with Crippen molar-refractivity contribution in [3.8, 4) is 11.3 Å². The van der Waals surface area contributed by atoms with Gasteiger partial charge >= 0.3 is 0 Å². The summed E-state index contributed by atoms with van der Waals surface area (Å²) in [5, 5.41) is 11.9. The van der Waals surface area contributed by atoms with E-state index in [1.165, 1.54) is 16.9 Å². The van der Waals surface area contributed by atoms with Gasteiger partial charge < -0.3 is 20.7 Å². The molecule has 0 unspecified atom stereocenters. The Kier molecular flexibility index (Phi) is 10.3. The number of benzene rings is 1. The Balaban J connectivity index is 1.21. The predicted octanol–water partition coefficient (Wildman–Crippen LogP) is 4.54. The highest BCUT2D eigenvalue weighted by Crippen LogP contribution is 2.37. The molecule has 0 saturated carbocycles. The topological polar surface area (TPSA) is 113 Å². The van der Waals surface area contributed by atoms with E-state index < -0.39 is 11.5 Å². The average molecular weight is 608 g/mol. The Morgan fingerprint density at radius 2 is 1.93 bits per heavy atom. The number of nitrogens with one attached hydrogen (secondary N) is 3. The van der Waals surface area contributed by atoms with Crippen LogP contribution in [0, 0.1) is 24.2 Å². The van der Waals surface area contributed by atoms with Crippen LogP contribution in [0.25, 0.3) is 11.3 Å². The number of piperidine rings is 1. The molecule has 0 bridgehead atoms. The number of anilines is 1. The average Bonchev–Trinajstić information content (AvgIpc) is 3.44. The number of ether oxygens (including phenoxy) is 1. The number of carbonyl (C=O) groups excluding carboxylic acids is 3. The van der Waals surface area contributed by atoms with Crippen molar-refractivity contribution < 1.29 is 19.1 Å². The molecule has 232 valence electrons. The maximum Gasteiger partial charge on any atom is 0.242 e. The summed E-state index contributed by atoms with van der Waals surface area (Å²) in [6, 6.07) is 7.66. The first-order valence-corrected chi connectivity index (χ1v) is 16.5. The molecule has 1 spiro atoms. The van der Waals surface area contributed by atoms with Crippen LogP contribution >= 0.6 is 11.3 Å². The largest absolute Gasteiger partial charge is 0.381 e. The third kappa shape index (κ3) is 8.10. The van der Waals surface area contributed by atoms with Gasteiger partial charge in [-0.25, -0.2) is 4.98 Å². The summed E-state index contributed by atoms with van der Waals surface area (Å²) in [5.41, 5.74) is 2.44. The molecule has 2 fully saturated rings. The second-order valence-electron chi connectivity index (χ2n) is 12.8. The van der Waals surface area contributed by atoms with E-state index in [2.05, 4.69) is 64.0 Å². The van der Waals surface area contributed by atoms with Crippen LogP contribution in [0.5, 0.6) is 0 Å². The normalized spacial score (nSPS) is 25.6. The number of nitrogens with zero attached hydrogens (tertiary/aromatic N) is 2. The molecule has 5 rings (SSSR count). The number of thiazole rings is 1. The lowest BCUT2D eigenvalue weighted by Crippen LogP contribution is -2.57. The number of fused-ring (bicyclic) bond motifs is 1. The van der Waals surface area contributed by atoms with Gasteiger partial charge in [-0.1, -0.05) is 55.8 Å². The molecule has 3 N–H and O–H groups in total. The van der Waals surface area contributed by atoms with E-state index in [4.69, 9.17) is 4.74 Å². The van der Waals surface area contributed by atoms with Crippen molar-refractivity contribution in [2.75, 3.05) is 38.2 Å². The zero-order valence-corrected chi connectivity index (χ0v) is 26.4. The smallest absolute Gasteiger partial charge is 0.242 e. The Morgan fingerprint density at radius 1 is 1.16 bits per heavy atom. The molecule has 2 aromatic rings. The monoisotopic (exact) mass is 607 g/mol. The van der Waals surface area contributed by atoms with E-state index in [9.17, 15) is 14.4 Å². The summed E-state index contributed by atoms with van der Waals surface area (Å²) >= 11 is 1.42. The number of carbonyl (C=O) groups is 3. The molecule has 10 heteroatoms. The molecule has 3 atom stereocenters. The molecule has 4 heterocycles. The lowest BCUT2D eigenvalue weighted by Gasteiger charge is -2.41. The van der Waals surface area contributed by atoms with Crippen LogP contribution in [0.15, 0.2) is 41.8 Å². The molecule has 9 nitrogen and oxygen atoms in total. The van der Waals surface area contributed by atoms with Crippen LogP contribution in [0.1, 0.15) is 57.9 Å². The van der Waals surface area contributed by atoms with Crippen molar-refractivity contribution in [2.24, 2.45) is 17.3 Å². The first-order valence-electron chi connectivity index (χ1n) is 15.6. The molecule has 43 heavy (non-hydrogen) atoms. The van der Waals surface area contributed by atoms with E-state index in [-0.39, 0.29) is 42.1 Å². The fourth-order valence-electron chi connectivity index (χ4n) is 6.31. The molecule has 0 radical (unpaired) electrons. The van der Waals surface area contributed by atoms with Gasteiger partial charge in [0.15, 0.2) is 5.13 Å². The van der Waals surface area contributed by atoms with Crippen LogP contribution < -0.4 is 16.0 Å². The van der Waals surface area contributed by atoms with Crippen molar-refractivity contribution in [3.05, 3.63) is 47.4 Å². The van der Waals surface area contributed by atoms with Gasteiger partial charge in [0.25, 0.3) is 0 Å². The number of amides is 3. The fraction of sp³-hybridized carbons (Fsp3) is 0.576. The van der Waals surface area contributed by atoms with Crippen molar-refractivity contribution in [3.63, 3.8) is 0 Å². The second-order valence-corrected chi connectivity index (χ2v) is 13.7. The minimum Gasteiger partial charge on any atom is -0.381 e. The third-order valence-electron chi connectivity index (χ3n) is 9.00. The van der Waals surface area contributed by atoms with Crippen molar-refractivity contribution >= 4 is 34.2 Å². The molecule has 3 aliphatic rings. The van der Waals surface area contributed by atoms with E-state index in [1.54, 1.807) is 0 Å². The molecule has 2 saturated heterocycles. The molecule has 3 aliphatic heterocycles. The Hall–Kier alpha value is -3.08. The molecule has 3 amide bonds. The highest BCUT2D eigenvalue weighted by atomic mass is 32.1. The van der Waals surface area contributed by atoms with Gasteiger partial charge in [-0.3, -0.25) is 19.3 Å². The Labute approximate surface area is 258 Å². The van der Waals surface area contributed by atoms with Gasteiger partial charge in [0.05, 0.1) is 24.3 Å². The van der Waals surface area contributed by atoms with Crippen LogP contribution in [0.3, 0.4) is 0 Å². The lowest BCUT2D eigenvalue weighted by molar-refractivity contribution is -0.138. The lowest BCUT2D eigenvalue weighted by atomic mass is 9.74. The number of rotatable bonds is 6. The van der Waals surface area contributed by atoms with Crippen LogP contribution in [-0.2, 0) is 19.1 Å². The van der Waals surface area contributed by atoms with Gasteiger partial charge in [0, 0.05) is 29.5 Å². The highest BCUT2D eigenvalue weighted by molar-refractivity contribution is 7.14. The number of aromatic nitrogens is 1. The summed E-state index contributed by atoms with van der Waals surface area (Å²) in [4.78, 5) is 46.9. The number of hydrogen-bond donors (Lipinski definition) is 3. The van der Waals surface area contributed by atoms with Crippen LogP contribution in [0.4, 0.5) is 5.13 Å². The third-order valence-corrected chi connectivity index (χ3v) is 9.76. The zero-order valence-electron chi connectivity index (χ0n) is 25.6. The van der Waals surface area contributed by atoms with Crippen LogP contribution in [0.2, 0.25) is 0 Å². The maximum absolute atomic E-state index is 13.9. The number of allylic oxidation sites excluding steroid dienone is 2. The van der Waals surface area contributed by atoms with Gasteiger partial charge in [-0.05, 0) is 64.5 Å². The molecule has 1 aromatic carbocycles. The van der Waals surface area contributed by atoms with Gasteiger partial charge in [0.1, 0.15) is 6.04 Å². The van der Waals surface area contributed by atoms with E-state index in [1.807, 2.05) is 24.4 Å². The quantitative estimate of drug-likeness (QED) is 0.416. The summed E-state index contributed by atoms with van der Waals surface area (Å²) in [6.45, 7) is 8.96. The van der Waals surface area contributed by atoms with E-state index in [0.29, 0.717) is 57.1 Å². The Bertz CT molecular complexity index is 1300. The van der Waals surface area contributed by atoms with Crippen LogP contribution in [-0.4, -0.2) is 72.5 Å². The van der Waals surface area contributed by atoms with Gasteiger partial charge in [-0.2, -0.15) is 0 Å². The van der Waals surface area contributed by atoms with Gasteiger partial charge in [-0.15, -0.1) is 11.3 Å². The molecular formula is C33H45N5O4S. The molecule has 1 aromatic heterocycles. The van der Waals surface area contributed by atoms with Crippen molar-refractivity contribution in [1.82, 2.24) is 20.5 Å². The van der Waals surface area contributed by atoms with E-state index >= 15 is 0 Å². The minimum absolute atomic E-state index is 0.0545. The maximum atomic E-state index is 13.9. The zero-order chi connectivity index (χ0) is 30.4. The standard InChI is InChI=1S/C33H45N5O4S/c1-22(2)18-27-30(40)34-26-11-17-42-20-25(26)6-4-5-12-33(31(41)35-27)13-15-38(16-14-33)19-29(39)37-32-36-28(21-43-32)24-9-7-23(3)8-10-24/h4-5,7-10,21-22,25-27H,6,11-20H2,1-3H3,(H,34,40)(H,35,41)(H,36,37,39)/b5-4-/t25-,26+,27+/m0/s1.